The lowest BCUT2D eigenvalue weighted by Gasteiger charge is -2.32. The normalized spacial score (nSPS) is 29.1. The van der Waals surface area contributed by atoms with Gasteiger partial charge < -0.3 is 10.2 Å². The molecule has 0 radical (unpaired) electrons. The molecule has 0 saturated carbocycles. The summed E-state index contributed by atoms with van der Waals surface area (Å²) < 4.78 is 0. The molecule has 2 fully saturated rings. The van der Waals surface area contributed by atoms with E-state index in [1.807, 2.05) is 4.90 Å². The minimum absolute atomic E-state index is 0.162. The highest BCUT2D eigenvalue weighted by Gasteiger charge is 2.36. The summed E-state index contributed by atoms with van der Waals surface area (Å²) in [4.78, 5) is 16.5. The van der Waals surface area contributed by atoms with Gasteiger partial charge in [0.15, 0.2) is 0 Å². The number of carbonyl (C=O) groups excluding carboxylic acids is 1. The van der Waals surface area contributed by atoms with Crippen LogP contribution in [0.5, 0.6) is 0 Å². The molecule has 2 aliphatic rings. The molecule has 4 nitrogen and oxygen atoms in total. The number of piperazine rings is 1. The third kappa shape index (κ3) is 2.16. The van der Waals surface area contributed by atoms with Crippen LogP contribution >= 0.6 is 0 Å². The Labute approximate surface area is 91.6 Å². The van der Waals surface area contributed by atoms with Crippen LogP contribution in [0, 0.1) is 0 Å². The Bertz CT molecular complexity index is 236. The average molecular weight is 211 g/mol. The smallest absolute Gasteiger partial charge is 0.240 e. The first-order chi connectivity index (χ1) is 7.20. The average Bonchev–Trinajstić information content (AvgIpc) is 2.61. The Hall–Kier alpha value is -0.610. The maximum Gasteiger partial charge on any atom is 0.240 e. The molecule has 2 rings (SSSR count). The number of nitrogens with zero attached hydrogens (tertiary/aromatic N) is 2. The quantitative estimate of drug-likeness (QED) is 0.693. The monoisotopic (exact) mass is 211 g/mol. The van der Waals surface area contributed by atoms with Crippen molar-refractivity contribution in [2.45, 2.75) is 32.4 Å². The number of hydrogen-bond acceptors (Lipinski definition) is 3. The Balaban J connectivity index is 1.96. The number of rotatable bonds is 2. The van der Waals surface area contributed by atoms with E-state index < -0.39 is 0 Å². The first-order valence-electron chi connectivity index (χ1n) is 5.95. The summed E-state index contributed by atoms with van der Waals surface area (Å²) in [5.74, 6) is 0.340. The molecule has 0 aromatic carbocycles. The Morgan fingerprint density at radius 2 is 1.93 bits per heavy atom. The second-order valence-electron chi connectivity index (χ2n) is 4.72. The molecule has 1 amide bonds. The minimum Gasteiger partial charge on any atom is -0.339 e. The van der Waals surface area contributed by atoms with Gasteiger partial charge in [0, 0.05) is 38.8 Å². The van der Waals surface area contributed by atoms with Gasteiger partial charge in [0.2, 0.25) is 5.91 Å². The molecule has 0 aromatic heterocycles. The summed E-state index contributed by atoms with van der Waals surface area (Å²) in [6.07, 6.45) is 1.01. The number of likely N-dealkylation sites (tertiary alicyclic amines) is 1. The fourth-order valence-electron chi connectivity index (χ4n) is 2.53. The number of hydrogen-bond donors (Lipinski definition) is 1. The molecule has 0 aliphatic carbocycles. The van der Waals surface area contributed by atoms with Crippen LogP contribution in [-0.4, -0.2) is 60.5 Å². The van der Waals surface area contributed by atoms with E-state index in [4.69, 9.17) is 0 Å². The molecule has 2 aliphatic heterocycles. The zero-order chi connectivity index (χ0) is 10.8. The number of nitrogens with one attached hydrogen (secondary N) is 1. The van der Waals surface area contributed by atoms with E-state index in [9.17, 15) is 4.79 Å². The van der Waals surface area contributed by atoms with E-state index >= 15 is 0 Å². The third-order valence-electron chi connectivity index (χ3n) is 3.43. The van der Waals surface area contributed by atoms with Gasteiger partial charge in [-0.25, -0.2) is 0 Å². The van der Waals surface area contributed by atoms with Gasteiger partial charge in [-0.15, -0.1) is 0 Å². The predicted molar refractivity (Wildman–Crippen MR) is 59.7 cm³/mol. The number of carbonyl (C=O) groups is 1. The summed E-state index contributed by atoms with van der Waals surface area (Å²) in [5, 5.41) is 3.32. The minimum atomic E-state index is 0.162. The predicted octanol–water partition coefficient (Wildman–Crippen LogP) is -0.0991. The Morgan fingerprint density at radius 1 is 1.27 bits per heavy atom. The van der Waals surface area contributed by atoms with Crippen molar-refractivity contribution in [3.8, 4) is 0 Å². The highest BCUT2D eigenvalue weighted by Crippen LogP contribution is 2.19. The second kappa shape index (κ2) is 4.49. The van der Waals surface area contributed by atoms with Crippen molar-refractivity contribution in [1.82, 2.24) is 15.1 Å². The van der Waals surface area contributed by atoms with Crippen LogP contribution in [0.15, 0.2) is 0 Å². The lowest BCUT2D eigenvalue weighted by Crippen LogP contribution is -2.51. The zero-order valence-electron chi connectivity index (χ0n) is 9.70. The molecular weight excluding hydrogens is 190 g/mol. The van der Waals surface area contributed by atoms with Crippen molar-refractivity contribution in [2.24, 2.45) is 0 Å². The summed E-state index contributed by atoms with van der Waals surface area (Å²) in [6, 6.07) is 0.514. The van der Waals surface area contributed by atoms with E-state index in [0.29, 0.717) is 11.9 Å². The van der Waals surface area contributed by atoms with Gasteiger partial charge in [-0.1, -0.05) is 0 Å². The van der Waals surface area contributed by atoms with Crippen molar-refractivity contribution < 1.29 is 4.79 Å². The van der Waals surface area contributed by atoms with E-state index in [1.54, 1.807) is 0 Å². The first-order valence-corrected chi connectivity index (χ1v) is 5.95. The van der Waals surface area contributed by atoms with Crippen LogP contribution in [0.3, 0.4) is 0 Å². The van der Waals surface area contributed by atoms with Crippen LogP contribution in [0.4, 0.5) is 0 Å². The van der Waals surface area contributed by atoms with Crippen molar-refractivity contribution in [3.63, 3.8) is 0 Å². The highest BCUT2D eigenvalue weighted by atomic mass is 16.2. The van der Waals surface area contributed by atoms with Crippen LogP contribution in [0.1, 0.15) is 20.3 Å². The van der Waals surface area contributed by atoms with E-state index in [2.05, 4.69) is 24.1 Å². The van der Waals surface area contributed by atoms with Crippen molar-refractivity contribution in [3.05, 3.63) is 0 Å². The zero-order valence-corrected chi connectivity index (χ0v) is 9.70. The fraction of sp³-hybridized carbons (Fsp3) is 0.909. The standard InChI is InChI=1S/C11H21N3O/c1-9(2)14-6-3-10(11(14)15)13-7-4-12-5-8-13/h9-10,12H,3-8H2,1-2H3. The van der Waals surface area contributed by atoms with Gasteiger partial charge in [-0.3, -0.25) is 9.69 Å². The number of amides is 1. The third-order valence-corrected chi connectivity index (χ3v) is 3.43. The fourth-order valence-corrected chi connectivity index (χ4v) is 2.53. The largest absolute Gasteiger partial charge is 0.339 e. The SMILES string of the molecule is CC(C)N1CCC(N2CCNCC2)C1=O. The van der Waals surface area contributed by atoms with Crippen LogP contribution in [0.2, 0.25) is 0 Å². The molecule has 0 bridgehead atoms. The van der Waals surface area contributed by atoms with E-state index in [-0.39, 0.29) is 6.04 Å². The van der Waals surface area contributed by atoms with Crippen molar-refractivity contribution in [2.75, 3.05) is 32.7 Å². The highest BCUT2D eigenvalue weighted by molar-refractivity contribution is 5.84. The lowest BCUT2D eigenvalue weighted by atomic mass is 10.2. The molecular formula is C11H21N3O. The molecule has 1 N–H and O–H groups in total. The molecule has 86 valence electrons. The summed E-state index contributed by atoms with van der Waals surface area (Å²) >= 11 is 0. The topological polar surface area (TPSA) is 35.6 Å². The Kier molecular flexibility index (Phi) is 3.26. The van der Waals surface area contributed by atoms with Gasteiger partial charge in [0.1, 0.15) is 0 Å². The van der Waals surface area contributed by atoms with Gasteiger partial charge in [0.25, 0.3) is 0 Å². The summed E-state index contributed by atoms with van der Waals surface area (Å²) in [5.41, 5.74) is 0. The lowest BCUT2D eigenvalue weighted by molar-refractivity contribution is -0.133. The van der Waals surface area contributed by atoms with Gasteiger partial charge >= 0.3 is 0 Å². The van der Waals surface area contributed by atoms with Gasteiger partial charge in [0.05, 0.1) is 6.04 Å². The van der Waals surface area contributed by atoms with Crippen molar-refractivity contribution >= 4 is 5.91 Å². The molecule has 2 heterocycles. The van der Waals surface area contributed by atoms with Crippen LogP contribution in [-0.2, 0) is 4.79 Å². The molecule has 15 heavy (non-hydrogen) atoms. The molecule has 0 aromatic rings. The van der Waals surface area contributed by atoms with E-state index in [0.717, 1.165) is 39.1 Å². The molecule has 0 spiro atoms. The van der Waals surface area contributed by atoms with Crippen LogP contribution < -0.4 is 5.32 Å². The summed E-state index contributed by atoms with van der Waals surface area (Å²) in [7, 11) is 0. The van der Waals surface area contributed by atoms with E-state index in [1.165, 1.54) is 0 Å². The van der Waals surface area contributed by atoms with Gasteiger partial charge in [-0.2, -0.15) is 0 Å². The van der Waals surface area contributed by atoms with Crippen molar-refractivity contribution in [1.29, 1.82) is 0 Å². The molecule has 1 atom stereocenters. The molecule has 2 saturated heterocycles. The maximum atomic E-state index is 12.1. The Morgan fingerprint density at radius 3 is 2.47 bits per heavy atom. The van der Waals surface area contributed by atoms with Gasteiger partial charge in [-0.05, 0) is 20.3 Å². The second-order valence-corrected chi connectivity index (χ2v) is 4.72. The maximum absolute atomic E-state index is 12.1. The first kappa shape index (κ1) is 10.9. The summed E-state index contributed by atoms with van der Waals surface area (Å²) in [6.45, 7) is 9.20. The van der Waals surface area contributed by atoms with Crippen LogP contribution in [0.25, 0.3) is 0 Å². The molecule has 1 unspecified atom stereocenters. The molecule has 4 heteroatoms.